The molecule has 0 saturated carbocycles. The molecule has 1 fully saturated rings. The molecule has 4 rings (SSSR count). The third-order valence-corrected chi connectivity index (χ3v) is 5.94. The lowest BCUT2D eigenvalue weighted by atomic mass is 9.74. The fraction of sp³-hybridized carbons (Fsp3) is 0.130. The van der Waals surface area contributed by atoms with Crippen molar-refractivity contribution in [1.82, 2.24) is 5.32 Å². The van der Waals surface area contributed by atoms with Gasteiger partial charge in [-0.25, -0.2) is 0 Å². The number of benzene rings is 3. The quantitative estimate of drug-likeness (QED) is 0.322. The first kappa shape index (κ1) is 22.0. The van der Waals surface area contributed by atoms with Crippen molar-refractivity contribution in [3.05, 3.63) is 116 Å². The Kier molecular flexibility index (Phi) is 5.84. The van der Waals surface area contributed by atoms with Crippen LogP contribution in [0.4, 0.5) is 11.4 Å². The summed E-state index contributed by atoms with van der Waals surface area (Å²) in [6.07, 6.45) is 0. The number of hydrogen-bond donors (Lipinski definition) is 1. The zero-order chi connectivity index (χ0) is 23.6. The Bertz CT molecular complexity index is 1220. The molecule has 1 amide bonds. The van der Waals surface area contributed by atoms with Crippen LogP contribution in [0, 0.1) is 20.2 Å². The molecule has 166 valence electrons. The second-order valence-corrected chi connectivity index (χ2v) is 7.88. The number of carbonyl (C=O) groups is 1. The van der Waals surface area contributed by atoms with Crippen molar-refractivity contribution in [2.45, 2.75) is 11.5 Å². The molecule has 0 spiro atoms. The monoisotopic (exact) mass is 462 g/mol. The minimum Gasteiger partial charge on any atom is -0.343 e. The topological polar surface area (TPSA) is 119 Å². The molecule has 3 aromatic carbocycles. The Balaban J connectivity index is 1.92. The summed E-state index contributed by atoms with van der Waals surface area (Å²) in [5, 5.41) is 26.1. The number of rotatable bonds is 7. The molecule has 1 N–H and O–H groups in total. The first-order valence-electron chi connectivity index (χ1n) is 9.98. The van der Waals surface area contributed by atoms with Gasteiger partial charge in [-0.2, -0.15) is 0 Å². The lowest BCUT2D eigenvalue weighted by Gasteiger charge is -2.34. The Morgan fingerprint density at radius 3 is 2.03 bits per heavy atom. The van der Waals surface area contributed by atoms with Crippen molar-refractivity contribution in [3.8, 4) is 0 Å². The van der Waals surface area contributed by atoms with Gasteiger partial charge in [0.05, 0.1) is 16.5 Å². The van der Waals surface area contributed by atoms with E-state index in [2.05, 4.69) is 5.32 Å². The van der Waals surface area contributed by atoms with Crippen LogP contribution in [0.5, 0.6) is 0 Å². The largest absolute Gasteiger partial charge is 0.343 e. The highest BCUT2D eigenvalue weighted by molar-refractivity contribution is 7.80. The number of nitrogens with one attached hydrogen (secondary N) is 1. The molecule has 0 unspecified atom stereocenters. The Labute approximate surface area is 194 Å². The zero-order valence-corrected chi connectivity index (χ0v) is 18.0. The number of carbonyl (C=O) groups excluding carboxylic acids is 1. The lowest BCUT2D eigenvalue weighted by Crippen LogP contribution is -2.51. The van der Waals surface area contributed by atoms with Gasteiger partial charge in [0.25, 0.3) is 11.6 Å². The van der Waals surface area contributed by atoms with Crippen LogP contribution >= 0.6 is 12.2 Å². The number of amides is 1. The van der Waals surface area contributed by atoms with E-state index in [0.717, 1.165) is 0 Å². The molecule has 0 radical (unpaired) electrons. The predicted molar refractivity (Wildman–Crippen MR) is 125 cm³/mol. The minimum atomic E-state index is -1.59. The van der Waals surface area contributed by atoms with Crippen molar-refractivity contribution < 1.29 is 14.6 Å². The summed E-state index contributed by atoms with van der Waals surface area (Å²) in [4.78, 5) is 37.2. The van der Waals surface area contributed by atoms with Gasteiger partial charge in [-0.3, -0.25) is 29.9 Å². The molecule has 3 aromatic rings. The highest BCUT2D eigenvalue weighted by Gasteiger charge is 2.58. The van der Waals surface area contributed by atoms with E-state index >= 15 is 0 Å². The first-order valence-corrected chi connectivity index (χ1v) is 10.4. The molecule has 2 atom stereocenters. The van der Waals surface area contributed by atoms with Crippen molar-refractivity contribution in [1.29, 1.82) is 0 Å². The molecule has 10 heteroatoms. The van der Waals surface area contributed by atoms with Crippen LogP contribution in [0.2, 0.25) is 0 Å². The van der Waals surface area contributed by atoms with E-state index in [4.69, 9.17) is 12.2 Å². The Morgan fingerprint density at radius 1 is 0.909 bits per heavy atom. The molecule has 0 aliphatic carbocycles. The van der Waals surface area contributed by atoms with Crippen LogP contribution in [-0.4, -0.2) is 27.4 Å². The van der Waals surface area contributed by atoms with Gasteiger partial charge in [0, 0.05) is 17.1 Å². The van der Waals surface area contributed by atoms with E-state index in [9.17, 15) is 25.0 Å². The molecule has 1 aliphatic heterocycles. The van der Waals surface area contributed by atoms with Gasteiger partial charge in [-0.15, -0.1) is 0 Å². The van der Waals surface area contributed by atoms with Crippen molar-refractivity contribution in [2.75, 3.05) is 11.4 Å². The first-order chi connectivity index (χ1) is 15.8. The van der Waals surface area contributed by atoms with Crippen LogP contribution in [0.25, 0.3) is 0 Å². The molecule has 0 bridgehead atoms. The number of hydrogen-bond acceptors (Lipinski definition) is 6. The van der Waals surface area contributed by atoms with E-state index in [-0.39, 0.29) is 10.8 Å². The van der Waals surface area contributed by atoms with E-state index < -0.39 is 33.8 Å². The van der Waals surface area contributed by atoms with Crippen LogP contribution < -0.4 is 10.2 Å². The van der Waals surface area contributed by atoms with Gasteiger partial charge in [0.15, 0.2) is 10.7 Å². The molecule has 0 aromatic heterocycles. The molecule has 1 saturated heterocycles. The zero-order valence-electron chi connectivity index (χ0n) is 17.2. The third kappa shape index (κ3) is 3.92. The van der Waals surface area contributed by atoms with Gasteiger partial charge in [-0.05, 0) is 35.5 Å². The maximum atomic E-state index is 14.1. The van der Waals surface area contributed by atoms with Crippen LogP contribution in [0.15, 0.2) is 84.9 Å². The average Bonchev–Trinajstić information content (AvgIpc) is 3.09. The maximum Gasteiger partial charge on any atom is 0.269 e. The summed E-state index contributed by atoms with van der Waals surface area (Å²) in [7, 11) is 0. The second-order valence-electron chi connectivity index (χ2n) is 7.50. The summed E-state index contributed by atoms with van der Waals surface area (Å²) in [6, 6.07) is 22.9. The fourth-order valence-electron chi connectivity index (χ4n) is 4.16. The highest BCUT2D eigenvalue weighted by atomic mass is 32.1. The van der Waals surface area contributed by atoms with Gasteiger partial charge >= 0.3 is 0 Å². The molecular weight excluding hydrogens is 444 g/mol. The summed E-state index contributed by atoms with van der Waals surface area (Å²) in [5.41, 5.74) is -0.307. The van der Waals surface area contributed by atoms with Crippen LogP contribution in [-0.2, 0) is 10.3 Å². The van der Waals surface area contributed by atoms with E-state index in [1.807, 2.05) is 0 Å². The summed E-state index contributed by atoms with van der Waals surface area (Å²) in [6.45, 7) is -0.601. The Hall–Kier alpha value is -4.18. The van der Waals surface area contributed by atoms with Crippen molar-refractivity contribution >= 4 is 34.6 Å². The fourth-order valence-corrected chi connectivity index (χ4v) is 4.51. The highest BCUT2D eigenvalue weighted by Crippen LogP contribution is 2.43. The van der Waals surface area contributed by atoms with Crippen molar-refractivity contribution in [3.63, 3.8) is 0 Å². The van der Waals surface area contributed by atoms with Crippen LogP contribution in [0.3, 0.4) is 0 Å². The molecule has 1 heterocycles. The number of nitro benzene ring substituents is 1. The van der Waals surface area contributed by atoms with E-state index in [0.29, 0.717) is 16.8 Å². The van der Waals surface area contributed by atoms with Crippen molar-refractivity contribution in [2.24, 2.45) is 0 Å². The van der Waals surface area contributed by atoms with E-state index in [1.54, 1.807) is 60.7 Å². The number of thiocarbonyl (C=S) groups is 1. The van der Waals surface area contributed by atoms with Gasteiger partial charge in [0.1, 0.15) is 0 Å². The van der Waals surface area contributed by atoms with Gasteiger partial charge < -0.3 is 5.32 Å². The lowest BCUT2D eigenvalue weighted by molar-refractivity contribution is -0.485. The number of para-hydroxylation sites is 1. The normalized spacial score (nSPS) is 18.6. The molecule has 33 heavy (non-hydrogen) atoms. The Morgan fingerprint density at radius 2 is 1.48 bits per heavy atom. The summed E-state index contributed by atoms with van der Waals surface area (Å²) >= 11 is 5.52. The maximum absolute atomic E-state index is 14.1. The number of non-ortho nitro benzene ring substituents is 1. The summed E-state index contributed by atoms with van der Waals surface area (Å²) in [5.74, 6) is -1.47. The smallest absolute Gasteiger partial charge is 0.269 e. The average molecular weight is 462 g/mol. The number of nitrogens with zero attached hydrogens (tertiary/aromatic N) is 3. The van der Waals surface area contributed by atoms with E-state index in [1.165, 1.54) is 29.2 Å². The number of anilines is 1. The summed E-state index contributed by atoms with van der Waals surface area (Å²) < 4.78 is 0. The van der Waals surface area contributed by atoms with Crippen LogP contribution in [0.1, 0.15) is 17.0 Å². The standard InChI is InChI=1S/C23H18N4O5S/c28-21-23(17-7-3-1-4-8-17,24-22(33)26(21)18-9-5-2-6-10-18)20(15-25(29)30)16-11-13-19(14-12-16)27(31)32/h1-14,20H,15H2,(H,24,33)/t20-,23-/m0/s1. The van der Waals surface area contributed by atoms with Gasteiger partial charge in [-0.1, -0.05) is 60.7 Å². The van der Waals surface area contributed by atoms with Gasteiger partial charge in [0.2, 0.25) is 6.54 Å². The SMILES string of the molecule is O=C1N(c2ccccc2)C(=S)N[C@@]1(c1ccccc1)[C@@H](C[N+](=O)[O-])c1ccc([N+](=O)[O-])cc1. The molecule has 1 aliphatic rings. The molecule has 9 nitrogen and oxygen atoms in total. The third-order valence-electron chi connectivity index (χ3n) is 5.65. The predicted octanol–water partition coefficient (Wildman–Crippen LogP) is 3.77. The number of nitro groups is 2. The molecular formula is C23H18N4O5S. The minimum absolute atomic E-state index is 0.116. The second kappa shape index (κ2) is 8.75.